The van der Waals surface area contributed by atoms with Crippen molar-refractivity contribution in [3.8, 4) is 0 Å². The van der Waals surface area contributed by atoms with Gasteiger partial charge < -0.3 is 25.1 Å². The Kier molecular flexibility index (Phi) is 7.89. The molecule has 1 atom stereocenters. The fourth-order valence-electron chi connectivity index (χ4n) is 3.00. The van der Waals surface area contributed by atoms with Crippen LogP contribution < -0.4 is 10.6 Å². The van der Waals surface area contributed by atoms with E-state index in [-0.39, 0.29) is 0 Å². The van der Waals surface area contributed by atoms with Crippen LogP contribution in [0.1, 0.15) is 53.5 Å². The molecule has 0 bridgehead atoms. The molecule has 0 aliphatic rings. The van der Waals surface area contributed by atoms with E-state index in [9.17, 15) is 9.59 Å². The lowest BCUT2D eigenvalue weighted by molar-refractivity contribution is -0.157. The van der Waals surface area contributed by atoms with Gasteiger partial charge in [0, 0.05) is 17.1 Å². The van der Waals surface area contributed by atoms with E-state index in [1.165, 1.54) is 10.9 Å². The van der Waals surface area contributed by atoms with E-state index in [2.05, 4.69) is 27.8 Å². The first-order valence-electron chi connectivity index (χ1n) is 10.4. The van der Waals surface area contributed by atoms with E-state index < -0.39 is 29.3 Å². The summed E-state index contributed by atoms with van der Waals surface area (Å²) in [5, 5.41) is 7.21. The molecule has 0 unspecified atom stereocenters. The van der Waals surface area contributed by atoms with E-state index in [1.807, 2.05) is 18.3 Å². The zero-order chi connectivity index (χ0) is 22.4. The molecule has 7 heteroatoms. The van der Waals surface area contributed by atoms with Crippen molar-refractivity contribution in [1.82, 2.24) is 15.6 Å². The standard InChI is InChI=1S/C23H35N3O4/c1-22(2,3)29-20(27)19(26-21(28)30-23(4,5)6)12-14-24-13-11-16-15-25-18-10-8-7-9-17(16)18/h7-10,15,19,24-25H,11-14H2,1-6H3,(H,26,28)/t19-/m0/s1. The molecule has 1 amide bonds. The number of alkyl carbamates (subject to hydrolysis) is 1. The average Bonchev–Trinajstić information content (AvgIpc) is 3.00. The normalized spacial score (nSPS) is 13.1. The number of H-pyrrole nitrogens is 1. The molecule has 0 aliphatic heterocycles. The van der Waals surface area contributed by atoms with Gasteiger partial charge in [0.05, 0.1) is 0 Å². The summed E-state index contributed by atoms with van der Waals surface area (Å²) in [6.07, 6.45) is 2.67. The molecule has 1 heterocycles. The van der Waals surface area contributed by atoms with Crippen LogP contribution in [-0.2, 0) is 20.7 Å². The molecule has 0 fully saturated rings. The van der Waals surface area contributed by atoms with E-state index in [4.69, 9.17) is 9.47 Å². The van der Waals surface area contributed by atoms with Crippen molar-refractivity contribution < 1.29 is 19.1 Å². The van der Waals surface area contributed by atoms with Gasteiger partial charge in [0.25, 0.3) is 0 Å². The molecule has 7 nitrogen and oxygen atoms in total. The van der Waals surface area contributed by atoms with Crippen molar-refractivity contribution in [2.75, 3.05) is 13.1 Å². The largest absolute Gasteiger partial charge is 0.458 e. The van der Waals surface area contributed by atoms with Crippen LogP contribution in [0.25, 0.3) is 10.9 Å². The minimum absolute atomic E-state index is 0.405. The number of aromatic amines is 1. The number of para-hydroxylation sites is 1. The number of hydrogen-bond acceptors (Lipinski definition) is 5. The van der Waals surface area contributed by atoms with Crippen LogP contribution in [0.2, 0.25) is 0 Å². The van der Waals surface area contributed by atoms with E-state index in [1.54, 1.807) is 41.5 Å². The van der Waals surface area contributed by atoms with Gasteiger partial charge in [0.1, 0.15) is 17.2 Å². The summed E-state index contributed by atoms with van der Waals surface area (Å²) in [6, 6.07) is 7.42. The Hall–Kier alpha value is -2.54. The van der Waals surface area contributed by atoms with Gasteiger partial charge in [0.15, 0.2) is 0 Å². The second kappa shape index (κ2) is 9.98. The molecule has 1 aromatic heterocycles. The molecular weight excluding hydrogens is 382 g/mol. The van der Waals surface area contributed by atoms with Crippen LogP contribution in [0.4, 0.5) is 4.79 Å². The van der Waals surface area contributed by atoms with Crippen LogP contribution in [0.15, 0.2) is 30.5 Å². The third kappa shape index (κ3) is 8.06. The highest BCUT2D eigenvalue weighted by Crippen LogP contribution is 2.17. The van der Waals surface area contributed by atoms with Gasteiger partial charge in [-0.2, -0.15) is 0 Å². The maximum absolute atomic E-state index is 12.5. The molecule has 0 saturated carbocycles. The number of esters is 1. The zero-order valence-corrected chi connectivity index (χ0v) is 18.9. The number of amides is 1. The molecular formula is C23H35N3O4. The summed E-state index contributed by atoms with van der Waals surface area (Å²) in [4.78, 5) is 27.9. The molecule has 30 heavy (non-hydrogen) atoms. The van der Waals surface area contributed by atoms with E-state index >= 15 is 0 Å². The number of fused-ring (bicyclic) bond motifs is 1. The van der Waals surface area contributed by atoms with Crippen LogP contribution in [0.5, 0.6) is 0 Å². The van der Waals surface area contributed by atoms with Gasteiger partial charge in [-0.05, 0) is 79.1 Å². The molecule has 2 aromatic rings. The van der Waals surface area contributed by atoms with Crippen molar-refractivity contribution in [3.63, 3.8) is 0 Å². The van der Waals surface area contributed by atoms with Crippen molar-refractivity contribution in [1.29, 1.82) is 0 Å². The minimum Gasteiger partial charge on any atom is -0.458 e. The second-order valence-corrected chi connectivity index (χ2v) is 9.38. The van der Waals surface area contributed by atoms with Crippen LogP contribution in [0, 0.1) is 0 Å². The Balaban J connectivity index is 1.86. The fourth-order valence-corrected chi connectivity index (χ4v) is 3.00. The first-order valence-corrected chi connectivity index (χ1v) is 10.4. The topological polar surface area (TPSA) is 92.5 Å². The number of carbonyl (C=O) groups is 2. The number of benzene rings is 1. The Bertz CT molecular complexity index is 846. The molecule has 0 aliphatic carbocycles. The van der Waals surface area contributed by atoms with Crippen LogP contribution in [0.3, 0.4) is 0 Å². The summed E-state index contributed by atoms with van der Waals surface area (Å²) in [6.45, 7) is 12.1. The molecule has 0 saturated heterocycles. The highest BCUT2D eigenvalue weighted by molar-refractivity contribution is 5.83. The third-order valence-electron chi connectivity index (χ3n) is 4.24. The Morgan fingerprint density at radius 1 is 1.00 bits per heavy atom. The van der Waals surface area contributed by atoms with Crippen molar-refractivity contribution >= 4 is 23.0 Å². The Morgan fingerprint density at radius 3 is 2.33 bits per heavy atom. The highest BCUT2D eigenvalue weighted by Gasteiger charge is 2.28. The smallest absolute Gasteiger partial charge is 0.408 e. The molecule has 3 N–H and O–H groups in total. The fraction of sp³-hybridized carbons (Fsp3) is 0.565. The molecule has 0 spiro atoms. The van der Waals surface area contributed by atoms with Gasteiger partial charge in [-0.25, -0.2) is 9.59 Å². The predicted octanol–water partition coefficient (Wildman–Crippen LogP) is 3.93. The monoisotopic (exact) mass is 417 g/mol. The Morgan fingerprint density at radius 2 is 1.67 bits per heavy atom. The van der Waals surface area contributed by atoms with Crippen molar-refractivity contribution in [2.45, 2.75) is 71.6 Å². The van der Waals surface area contributed by atoms with Gasteiger partial charge in [-0.3, -0.25) is 0 Å². The lowest BCUT2D eigenvalue weighted by Gasteiger charge is -2.26. The molecule has 2 rings (SSSR count). The number of aromatic nitrogens is 1. The van der Waals surface area contributed by atoms with Crippen molar-refractivity contribution in [3.05, 3.63) is 36.0 Å². The maximum atomic E-state index is 12.5. The average molecular weight is 418 g/mol. The number of hydrogen-bond donors (Lipinski definition) is 3. The van der Waals surface area contributed by atoms with Gasteiger partial charge >= 0.3 is 12.1 Å². The summed E-state index contributed by atoms with van der Waals surface area (Å²) in [5.74, 6) is -0.466. The lowest BCUT2D eigenvalue weighted by atomic mass is 10.1. The first-order chi connectivity index (χ1) is 13.9. The lowest BCUT2D eigenvalue weighted by Crippen LogP contribution is -2.47. The predicted molar refractivity (Wildman–Crippen MR) is 118 cm³/mol. The third-order valence-corrected chi connectivity index (χ3v) is 4.24. The van der Waals surface area contributed by atoms with Crippen molar-refractivity contribution in [2.24, 2.45) is 0 Å². The SMILES string of the molecule is CC(C)(C)OC(=O)N[C@@H](CCNCCc1c[nH]c2ccccc12)C(=O)OC(C)(C)C. The number of ether oxygens (including phenoxy) is 2. The first kappa shape index (κ1) is 23.7. The van der Waals surface area contributed by atoms with Crippen LogP contribution >= 0.6 is 0 Å². The van der Waals surface area contributed by atoms with E-state index in [0.29, 0.717) is 13.0 Å². The van der Waals surface area contributed by atoms with E-state index in [0.717, 1.165) is 18.5 Å². The molecule has 0 radical (unpaired) electrons. The number of carbonyl (C=O) groups excluding carboxylic acids is 2. The molecule has 166 valence electrons. The maximum Gasteiger partial charge on any atom is 0.408 e. The highest BCUT2D eigenvalue weighted by atomic mass is 16.6. The second-order valence-electron chi connectivity index (χ2n) is 9.38. The summed E-state index contributed by atoms with van der Waals surface area (Å²) < 4.78 is 10.7. The zero-order valence-electron chi connectivity index (χ0n) is 18.9. The Labute approximate surface area is 178 Å². The minimum atomic E-state index is -0.778. The van der Waals surface area contributed by atoms with Gasteiger partial charge in [0.2, 0.25) is 0 Å². The summed E-state index contributed by atoms with van der Waals surface area (Å²) in [5.41, 5.74) is 1.10. The quantitative estimate of drug-likeness (QED) is 0.447. The summed E-state index contributed by atoms with van der Waals surface area (Å²) >= 11 is 0. The number of nitrogens with one attached hydrogen (secondary N) is 3. The summed E-state index contributed by atoms with van der Waals surface area (Å²) in [7, 11) is 0. The van der Waals surface area contributed by atoms with Gasteiger partial charge in [-0.1, -0.05) is 18.2 Å². The van der Waals surface area contributed by atoms with Crippen LogP contribution in [-0.4, -0.2) is 47.4 Å². The number of rotatable bonds is 8. The molecule has 1 aromatic carbocycles. The van der Waals surface area contributed by atoms with Gasteiger partial charge in [-0.15, -0.1) is 0 Å².